The van der Waals surface area contributed by atoms with Gasteiger partial charge < -0.3 is 16.2 Å². The molecule has 1 rings (SSSR count). The fourth-order valence-electron chi connectivity index (χ4n) is 2.88. The second-order valence-electron chi connectivity index (χ2n) is 5.60. The number of nitrogens with one attached hydrogen (secondary N) is 1. The van der Waals surface area contributed by atoms with Crippen LogP contribution in [0.1, 0.15) is 58.3 Å². The van der Waals surface area contributed by atoms with E-state index in [9.17, 15) is 9.59 Å². The second-order valence-corrected chi connectivity index (χ2v) is 5.60. The third kappa shape index (κ3) is 4.49. The van der Waals surface area contributed by atoms with Crippen molar-refractivity contribution in [3.05, 3.63) is 0 Å². The van der Waals surface area contributed by atoms with Crippen LogP contribution in [0.2, 0.25) is 0 Å². The summed E-state index contributed by atoms with van der Waals surface area (Å²) < 4.78 is 0. The first kappa shape index (κ1) is 16.0. The van der Waals surface area contributed by atoms with Gasteiger partial charge in [-0.05, 0) is 19.3 Å². The van der Waals surface area contributed by atoms with Crippen molar-refractivity contribution in [3.8, 4) is 0 Å². The van der Waals surface area contributed by atoms with Crippen LogP contribution in [0.4, 0.5) is 0 Å². The minimum atomic E-state index is -0.871. The van der Waals surface area contributed by atoms with Crippen molar-refractivity contribution in [3.63, 3.8) is 0 Å². The van der Waals surface area contributed by atoms with E-state index in [1.807, 2.05) is 6.92 Å². The molecule has 1 unspecified atom stereocenters. The van der Waals surface area contributed by atoms with Gasteiger partial charge in [-0.3, -0.25) is 9.59 Å². The first-order valence-electron chi connectivity index (χ1n) is 7.27. The molecule has 1 atom stereocenters. The monoisotopic (exact) mass is 270 g/mol. The smallest absolute Gasteiger partial charge is 0.305 e. The van der Waals surface area contributed by atoms with Gasteiger partial charge in [-0.15, -0.1) is 0 Å². The number of rotatable bonds is 7. The van der Waals surface area contributed by atoms with Crippen LogP contribution in [-0.4, -0.2) is 29.6 Å². The number of carboxylic acids is 1. The van der Waals surface area contributed by atoms with E-state index in [0.717, 1.165) is 38.5 Å². The highest BCUT2D eigenvalue weighted by molar-refractivity contribution is 5.83. The van der Waals surface area contributed by atoms with Crippen molar-refractivity contribution in [2.24, 2.45) is 11.1 Å². The Morgan fingerprint density at radius 1 is 1.32 bits per heavy atom. The first-order valence-corrected chi connectivity index (χ1v) is 7.27. The molecule has 0 bridgehead atoms. The Morgan fingerprint density at radius 2 is 1.95 bits per heavy atom. The maximum absolute atomic E-state index is 12.4. The van der Waals surface area contributed by atoms with Crippen LogP contribution in [0, 0.1) is 5.41 Å². The number of carboxylic acid groups (broad SMARTS) is 1. The van der Waals surface area contributed by atoms with E-state index < -0.39 is 11.4 Å². The molecule has 1 saturated carbocycles. The van der Waals surface area contributed by atoms with Gasteiger partial charge in [0.05, 0.1) is 11.8 Å². The highest BCUT2D eigenvalue weighted by Crippen LogP contribution is 2.35. The average Bonchev–Trinajstić information content (AvgIpc) is 2.39. The molecule has 4 N–H and O–H groups in total. The van der Waals surface area contributed by atoms with Crippen LogP contribution in [-0.2, 0) is 9.59 Å². The van der Waals surface area contributed by atoms with E-state index >= 15 is 0 Å². The van der Waals surface area contributed by atoms with Gasteiger partial charge in [0.1, 0.15) is 0 Å². The molecule has 1 aliphatic rings. The molecule has 0 aromatic heterocycles. The van der Waals surface area contributed by atoms with Crippen molar-refractivity contribution < 1.29 is 14.7 Å². The quantitative estimate of drug-likeness (QED) is 0.656. The summed E-state index contributed by atoms with van der Waals surface area (Å²) in [4.78, 5) is 23.2. The predicted octanol–water partition coefficient (Wildman–Crippen LogP) is 1.66. The van der Waals surface area contributed by atoms with Gasteiger partial charge in [-0.1, -0.05) is 32.6 Å². The predicted molar refractivity (Wildman–Crippen MR) is 73.7 cm³/mol. The molecular weight excluding hydrogens is 244 g/mol. The first-order chi connectivity index (χ1) is 9.04. The topological polar surface area (TPSA) is 92.4 Å². The Morgan fingerprint density at radius 3 is 2.42 bits per heavy atom. The Hall–Kier alpha value is -1.10. The number of hydrogen-bond acceptors (Lipinski definition) is 3. The highest BCUT2D eigenvalue weighted by Gasteiger charge is 2.38. The maximum Gasteiger partial charge on any atom is 0.305 e. The van der Waals surface area contributed by atoms with Crippen LogP contribution in [0.15, 0.2) is 0 Å². The molecule has 0 radical (unpaired) electrons. The summed E-state index contributed by atoms with van der Waals surface area (Å²) in [6.07, 6.45) is 6.39. The van der Waals surface area contributed by atoms with E-state index in [1.54, 1.807) is 0 Å². The van der Waals surface area contributed by atoms with Gasteiger partial charge in [0, 0.05) is 12.6 Å². The van der Waals surface area contributed by atoms with E-state index in [2.05, 4.69) is 5.32 Å². The number of aliphatic carboxylic acids is 1. The van der Waals surface area contributed by atoms with Crippen LogP contribution >= 0.6 is 0 Å². The Balaban J connectivity index is 2.65. The Bertz CT molecular complexity index is 312. The summed E-state index contributed by atoms with van der Waals surface area (Å²) in [5.74, 6) is -0.918. The Labute approximate surface area is 114 Å². The minimum absolute atomic E-state index is 0.0137. The average molecular weight is 270 g/mol. The molecule has 0 heterocycles. The molecule has 0 aromatic rings. The third-order valence-electron chi connectivity index (χ3n) is 4.08. The summed E-state index contributed by atoms with van der Waals surface area (Å²) in [6, 6.07) is -0.277. The van der Waals surface area contributed by atoms with Gasteiger partial charge in [-0.2, -0.15) is 0 Å². The van der Waals surface area contributed by atoms with Gasteiger partial charge >= 0.3 is 5.97 Å². The lowest BCUT2D eigenvalue weighted by molar-refractivity contribution is -0.138. The van der Waals surface area contributed by atoms with Crippen LogP contribution in [0.5, 0.6) is 0 Å². The molecular formula is C14H26N2O3. The van der Waals surface area contributed by atoms with E-state index in [0.29, 0.717) is 13.0 Å². The lowest BCUT2D eigenvalue weighted by atomic mass is 9.73. The van der Waals surface area contributed by atoms with Crippen molar-refractivity contribution in [1.29, 1.82) is 0 Å². The zero-order chi connectivity index (χ0) is 14.3. The number of nitrogens with two attached hydrogens (primary N) is 1. The third-order valence-corrected chi connectivity index (χ3v) is 4.08. The Kier molecular flexibility index (Phi) is 6.28. The largest absolute Gasteiger partial charge is 0.481 e. The summed E-state index contributed by atoms with van der Waals surface area (Å²) in [6.45, 7) is 2.34. The van der Waals surface area contributed by atoms with Crippen molar-refractivity contribution in [2.45, 2.75) is 64.3 Å². The molecule has 0 aromatic carbocycles. The molecule has 1 fully saturated rings. The lowest BCUT2D eigenvalue weighted by Gasteiger charge is -2.36. The van der Waals surface area contributed by atoms with Crippen molar-refractivity contribution >= 4 is 11.9 Å². The van der Waals surface area contributed by atoms with Crippen LogP contribution in [0.3, 0.4) is 0 Å². The van der Waals surface area contributed by atoms with E-state index in [1.165, 1.54) is 0 Å². The number of hydrogen-bond donors (Lipinski definition) is 3. The molecule has 5 heteroatoms. The molecule has 19 heavy (non-hydrogen) atoms. The second kappa shape index (κ2) is 7.48. The van der Waals surface area contributed by atoms with Crippen LogP contribution < -0.4 is 11.1 Å². The molecule has 1 amide bonds. The van der Waals surface area contributed by atoms with Gasteiger partial charge in [0.15, 0.2) is 0 Å². The molecule has 1 aliphatic carbocycles. The number of amides is 1. The number of carbonyl (C=O) groups excluding carboxylic acids is 1. The van der Waals surface area contributed by atoms with E-state index in [4.69, 9.17) is 10.8 Å². The molecule has 110 valence electrons. The van der Waals surface area contributed by atoms with Gasteiger partial charge in [0.25, 0.3) is 0 Å². The van der Waals surface area contributed by atoms with Gasteiger partial charge in [0.2, 0.25) is 5.91 Å². The van der Waals surface area contributed by atoms with Crippen molar-refractivity contribution in [2.75, 3.05) is 6.54 Å². The fourth-order valence-corrected chi connectivity index (χ4v) is 2.88. The summed E-state index contributed by atoms with van der Waals surface area (Å²) >= 11 is 0. The van der Waals surface area contributed by atoms with Crippen molar-refractivity contribution in [1.82, 2.24) is 5.32 Å². The zero-order valence-corrected chi connectivity index (χ0v) is 11.8. The zero-order valence-electron chi connectivity index (χ0n) is 11.8. The SMILES string of the molecule is CCCC(CC(=O)O)NC(=O)C1(CN)CCCCC1. The fraction of sp³-hybridized carbons (Fsp3) is 0.857. The lowest BCUT2D eigenvalue weighted by Crippen LogP contribution is -2.50. The molecule has 0 saturated heterocycles. The van der Waals surface area contributed by atoms with Crippen LogP contribution in [0.25, 0.3) is 0 Å². The molecule has 0 aliphatic heterocycles. The highest BCUT2D eigenvalue weighted by atomic mass is 16.4. The molecule has 0 spiro atoms. The summed E-state index contributed by atoms with van der Waals surface area (Å²) in [5, 5.41) is 11.8. The van der Waals surface area contributed by atoms with Gasteiger partial charge in [-0.25, -0.2) is 0 Å². The summed E-state index contributed by atoms with van der Waals surface area (Å²) in [7, 11) is 0. The maximum atomic E-state index is 12.4. The van der Waals surface area contributed by atoms with E-state index in [-0.39, 0.29) is 18.4 Å². The standard InChI is InChI=1S/C14H26N2O3/c1-2-6-11(9-12(17)18)16-13(19)14(10-15)7-4-3-5-8-14/h11H,2-10,15H2,1H3,(H,16,19)(H,17,18). The minimum Gasteiger partial charge on any atom is -0.481 e. The molecule has 5 nitrogen and oxygen atoms in total. The normalized spacial score (nSPS) is 19.7. The summed E-state index contributed by atoms with van der Waals surface area (Å²) in [5.41, 5.74) is 5.34. The number of carbonyl (C=O) groups is 2.